The predicted molar refractivity (Wildman–Crippen MR) is 67.2 cm³/mol. The lowest BCUT2D eigenvalue weighted by Crippen LogP contribution is -2.40. The van der Waals surface area contributed by atoms with E-state index in [0.29, 0.717) is 0 Å². The molecular weight excluding hydrogens is 278 g/mol. The zero-order valence-electron chi connectivity index (χ0n) is 10.3. The van der Waals surface area contributed by atoms with Crippen LogP contribution in [0.15, 0.2) is 21.7 Å². The molecule has 0 bridgehead atoms. The summed E-state index contributed by atoms with van der Waals surface area (Å²) in [5, 5.41) is 15.6. The van der Waals surface area contributed by atoms with Crippen molar-refractivity contribution in [3.05, 3.63) is 32.9 Å². The Bertz CT molecular complexity index is 494. The molecule has 1 amide bonds. The van der Waals surface area contributed by atoms with Gasteiger partial charge in [0.15, 0.2) is 5.76 Å². The predicted octanol–water partition coefficient (Wildman–Crippen LogP) is 2.07. The van der Waals surface area contributed by atoms with Gasteiger partial charge in [-0.25, -0.2) is 0 Å². The number of nitroso groups, excluding NO2 is 1. The first-order chi connectivity index (χ1) is 8.75. The fraction of sp³-hybridized carbons (Fsp3) is 0.500. The normalized spacial score (nSPS) is 12.8. The van der Waals surface area contributed by atoms with Gasteiger partial charge in [-0.05, 0) is 19.9 Å². The summed E-state index contributed by atoms with van der Waals surface area (Å²) >= 11 is 5.92. The van der Waals surface area contributed by atoms with Gasteiger partial charge in [0.05, 0.1) is 10.9 Å². The van der Waals surface area contributed by atoms with Crippen LogP contribution in [0.5, 0.6) is 0 Å². The van der Waals surface area contributed by atoms with E-state index in [0.717, 1.165) is 6.07 Å². The van der Waals surface area contributed by atoms with Crippen molar-refractivity contribution >= 4 is 23.4 Å². The average Bonchev–Trinajstić information content (AvgIpc) is 2.77. The number of halogens is 1. The standard InChI is InChI=1S/C10H12ClN3O5/c1-10(2,11)7(13-16)5-12-9(15)6-3-4-8(19-6)14(17)18/h3-4,7H,5H2,1-2H3,(H,12,15). The van der Waals surface area contributed by atoms with Gasteiger partial charge in [0.2, 0.25) is 0 Å². The number of hydrogen-bond donors (Lipinski definition) is 1. The molecule has 104 valence electrons. The lowest BCUT2D eigenvalue weighted by Gasteiger charge is -2.21. The first-order valence-electron chi connectivity index (χ1n) is 5.29. The van der Waals surface area contributed by atoms with Crippen LogP contribution >= 0.6 is 11.6 Å². The maximum Gasteiger partial charge on any atom is 0.433 e. The highest BCUT2D eigenvalue weighted by Gasteiger charge is 2.29. The molecule has 8 nitrogen and oxygen atoms in total. The Balaban J connectivity index is 2.64. The number of alkyl halides is 1. The van der Waals surface area contributed by atoms with Gasteiger partial charge in [-0.2, -0.15) is 4.91 Å². The Kier molecular flexibility index (Phi) is 4.60. The second-order valence-corrected chi connectivity index (χ2v) is 5.26. The fourth-order valence-corrected chi connectivity index (χ4v) is 1.35. The van der Waals surface area contributed by atoms with Crippen molar-refractivity contribution in [1.82, 2.24) is 5.32 Å². The highest BCUT2D eigenvalue weighted by atomic mass is 35.5. The molecule has 9 heteroatoms. The molecule has 1 N–H and O–H groups in total. The molecule has 1 aromatic rings. The number of amides is 1. The molecule has 0 saturated carbocycles. The third-order valence-electron chi connectivity index (χ3n) is 2.37. The molecule has 0 aliphatic rings. The number of nitro groups is 1. The molecule has 1 rings (SSSR count). The van der Waals surface area contributed by atoms with Crippen LogP contribution in [0.3, 0.4) is 0 Å². The van der Waals surface area contributed by atoms with Crippen LogP contribution in [0.2, 0.25) is 0 Å². The Morgan fingerprint density at radius 3 is 2.68 bits per heavy atom. The van der Waals surface area contributed by atoms with Crippen LogP contribution in [0.4, 0.5) is 5.88 Å². The Hall–Kier alpha value is -1.96. The molecule has 0 aliphatic carbocycles. The van der Waals surface area contributed by atoms with Crippen LogP contribution in [-0.4, -0.2) is 28.3 Å². The summed E-state index contributed by atoms with van der Waals surface area (Å²) in [6.07, 6.45) is 0. The summed E-state index contributed by atoms with van der Waals surface area (Å²) in [4.78, 5) is 30.9. The average molecular weight is 290 g/mol. The van der Waals surface area contributed by atoms with E-state index in [2.05, 4.69) is 10.5 Å². The number of nitrogens with one attached hydrogen (secondary N) is 1. The van der Waals surface area contributed by atoms with Gasteiger partial charge in [-0.3, -0.25) is 14.9 Å². The Morgan fingerprint density at radius 1 is 1.63 bits per heavy atom. The maximum absolute atomic E-state index is 11.6. The molecule has 19 heavy (non-hydrogen) atoms. The minimum atomic E-state index is -0.913. The molecule has 0 aliphatic heterocycles. The summed E-state index contributed by atoms with van der Waals surface area (Å²) in [7, 11) is 0. The number of rotatable bonds is 6. The van der Waals surface area contributed by atoms with Gasteiger partial charge in [-0.15, -0.1) is 11.6 Å². The van der Waals surface area contributed by atoms with Gasteiger partial charge in [0.1, 0.15) is 11.0 Å². The highest BCUT2D eigenvalue weighted by Crippen LogP contribution is 2.21. The molecule has 1 unspecified atom stereocenters. The summed E-state index contributed by atoms with van der Waals surface area (Å²) < 4.78 is 4.71. The first-order valence-corrected chi connectivity index (χ1v) is 5.67. The number of hydrogen-bond acceptors (Lipinski definition) is 6. The molecule has 0 fully saturated rings. The van der Waals surface area contributed by atoms with Gasteiger partial charge in [0, 0.05) is 6.54 Å². The van der Waals surface area contributed by atoms with E-state index in [1.807, 2.05) is 0 Å². The van der Waals surface area contributed by atoms with Crippen molar-refractivity contribution in [3.8, 4) is 0 Å². The van der Waals surface area contributed by atoms with Crippen molar-refractivity contribution in [1.29, 1.82) is 0 Å². The highest BCUT2D eigenvalue weighted by molar-refractivity contribution is 6.24. The fourth-order valence-electron chi connectivity index (χ4n) is 1.23. The van der Waals surface area contributed by atoms with Crippen molar-refractivity contribution in [2.75, 3.05) is 6.54 Å². The van der Waals surface area contributed by atoms with Crippen LogP contribution in [-0.2, 0) is 0 Å². The number of carbonyl (C=O) groups excluding carboxylic acids is 1. The van der Waals surface area contributed by atoms with E-state index in [1.165, 1.54) is 6.07 Å². The monoisotopic (exact) mass is 289 g/mol. The SMILES string of the molecule is CC(C)(Cl)C(CNC(=O)c1ccc([N+](=O)[O-])o1)N=O. The second kappa shape index (κ2) is 5.79. The lowest BCUT2D eigenvalue weighted by atomic mass is 10.0. The largest absolute Gasteiger partial charge is 0.433 e. The van der Waals surface area contributed by atoms with Crippen molar-refractivity contribution in [2.24, 2.45) is 5.18 Å². The van der Waals surface area contributed by atoms with Gasteiger partial charge in [-0.1, -0.05) is 5.18 Å². The van der Waals surface area contributed by atoms with Crippen LogP contribution < -0.4 is 5.32 Å². The zero-order chi connectivity index (χ0) is 14.6. The minimum absolute atomic E-state index is 0.0899. The van der Waals surface area contributed by atoms with Crippen LogP contribution in [0, 0.1) is 15.0 Å². The lowest BCUT2D eigenvalue weighted by molar-refractivity contribution is -0.402. The van der Waals surface area contributed by atoms with Gasteiger partial charge in [0.25, 0.3) is 5.91 Å². The van der Waals surface area contributed by atoms with E-state index in [4.69, 9.17) is 16.0 Å². The first kappa shape index (κ1) is 15.1. The summed E-state index contributed by atoms with van der Waals surface area (Å²) in [5.74, 6) is -1.43. The van der Waals surface area contributed by atoms with Gasteiger partial charge < -0.3 is 9.73 Å². The second-order valence-electron chi connectivity index (χ2n) is 4.29. The molecule has 0 saturated heterocycles. The van der Waals surface area contributed by atoms with E-state index in [-0.39, 0.29) is 12.3 Å². The quantitative estimate of drug-likeness (QED) is 0.372. The summed E-state index contributed by atoms with van der Waals surface area (Å²) in [6, 6.07) is 1.40. The van der Waals surface area contributed by atoms with Crippen molar-refractivity contribution in [3.63, 3.8) is 0 Å². The third-order valence-corrected chi connectivity index (χ3v) is 2.62. The molecule has 1 aromatic heterocycles. The maximum atomic E-state index is 11.6. The van der Waals surface area contributed by atoms with Crippen molar-refractivity contribution in [2.45, 2.75) is 24.8 Å². The smallest absolute Gasteiger partial charge is 0.395 e. The number of furan rings is 1. The van der Waals surface area contributed by atoms with Gasteiger partial charge >= 0.3 is 5.88 Å². The molecule has 1 atom stereocenters. The third kappa shape index (κ3) is 4.02. The van der Waals surface area contributed by atoms with Crippen molar-refractivity contribution < 1.29 is 14.1 Å². The topological polar surface area (TPSA) is 115 Å². The van der Waals surface area contributed by atoms with E-state index in [9.17, 15) is 19.8 Å². The Morgan fingerprint density at radius 2 is 2.26 bits per heavy atom. The number of carbonyl (C=O) groups is 1. The molecule has 0 radical (unpaired) electrons. The van der Waals surface area contributed by atoms with E-state index >= 15 is 0 Å². The van der Waals surface area contributed by atoms with E-state index < -0.39 is 27.6 Å². The molecule has 1 heterocycles. The molecular formula is C10H12ClN3O5. The summed E-state index contributed by atoms with van der Waals surface area (Å²) in [6.45, 7) is 3.09. The summed E-state index contributed by atoms with van der Waals surface area (Å²) in [5.41, 5.74) is 0. The molecule has 0 aromatic carbocycles. The van der Waals surface area contributed by atoms with Crippen LogP contribution in [0.25, 0.3) is 0 Å². The number of nitrogens with zero attached hydrogens (tertiary/aromatic N) is 2. The van der Waals surface area contributed by atoms with Crippen LogP contribution in [0.1, 0.15) is 24.4 Å². The zero-order valence-corrected chi connectivity index (χ0v) is 11.0. The minimum Gasteiger partial charge on any atom is -0.395 e. The van der Waals surface area contributed by atoms with E-state index in [1.54, 1.807) is 13.8 Å². The molecule has 0 spiro atoms. The Labute approximate surface area is 113 Å².